The van der Waals surface area contributed by atoms with E-state index in [0.717, 1.165) is 39.2 Å². The fourth-order valence-corrected chi connectivity index (χ4v) is 12.7. The molecule has 346 valence electrons. The predicted octanol–water partition coefficient (Wildman–Crippen LogP) is 8.81. The summed E-state index contributed by atoms with van der Waals surface area (Å²) in [5, 5.41) is 36.0. The molecule has 0 unspecified atom stereocenters. The van der Waals surface area contributed by atoms with E-state index in [9.17, 15) is 51.3 Å². The number of ether oxygens (including phenoxy) is 4. The Bertz CT molecular complexity index is 1870. The molecule has 4 fully saturated rings. The summed E-state index contributed by atoms with van der Waals surface area (Å²) < 4.78 is 108. The molecule has 0 radical (unpaired) electrons. The zero-order valence-corrected chi connectivity index (χ0v) is 36.3. The molecule has 0 heterocycles. The van der Waals surface area contributed by atoms with Crippen LogP contribution in [-0.2, 0) is 39.7 Å². The monoisotopic (exact) mass is 884 g/mol. The zero-order chi connectivity index (χ0) is 45.7. The molecule has 0 aliphatic heterocycles. The number of fused-ring (bicyclic) bond motifs is 5. The van der Waals surface area contributed by atoms with Gasteiger partial charge in [-0.05, 0) is 85.9 Å². The van der Waals surface area contributed by atoms with Crippen LogP contribution in [0.4, 0.5) is 26.3 Å². The van der Waals surface area contributed by atoms with E-state index >= 15 is 0 Å². The number of carbonyl (C=O) groups excluding carboxylic acids is 2. The van der Waals surface area contributed by atoms with Crippen molar-refractivity contribution in [2.75, 3.05) is 20.8 Å². The molecule has 0 bridgehead atoms. The zero-order valence-electron chi connectivity index (χ0n) is 36.3. The number of halogens is 6. The largest absolute Gasteiger partial charge is 0.463 e. The molecule has 6 rings (SSSR count). The Morgan fingerprint density at radius 3 is 1.87 bits per heavy atom. The third-order valence-corrected chi connectivity index (χ3v) is 16.0. The van der Waals surface area contributed by atoms with E-state index in [2.05, 4.69) is 13.8 Å². The summed E-state index contributed by atoms with van der Waals surface area (Å²) in [7, 11) is 1.63. The normalized spacial score (nSPS) is 35.2. The Labute approximate surface area is 359 Å². The smallest absolute Gasteiger partial charge is 0.432 e. The molecule has 2 aromatic carbocycles. The van der Waals surface area contributed by atoms with Crippen molar-refractivity contribution in [3.05, 3.63) is 71.8 Å². The van der Waals surface area contributed by atoms with E-state index in [1.165, 1.54) is 48.5 Å². The molecule has 62 heavy (non-hydrogen) atoms. The summed E-state index contributed by atoms with van der Waals surface area (Å²) in [5.74, 6) is -3.57. The van der Waals surface area contributed by atoms with Crippen molar-refractivity contribution in [1.82, 2.24) is 0 Å². The average molecular weight is 885 g/mol. The molecule has 15 heteroatoms. The third-order valence-electron chi connectivity index (χ3n) is 16.0. The summed E-state index contributed by atoms with van der Waals surface area (Å²) in [4.78, 5) is 26.6. The van der Waals surface area contributed by atoms with Crippen LogP contribution in [0.1, 0.15) is 103 Å². The number of esters is 2. The second kappa shape index (κ2) is 17.6. The van der Waals surface area contributed by atoms with Crippen molar-refractivity contribution in [3.8, 4) is 0 Å². The SMILES string of the molecule is CO[C@](C(=O)OC[C@@H](C)CCC[C@@H](C)[C@H]1C[C@H](O)[C@H]2[C@@H]3C[C@@H](O)[C@@]4(O)C[C@@H](OC(=O)[C@@](OC)(c5ccccc5)C(F)(F)F)CC[C@]4(C)[C@H]3CC[C@@]21C)(c1ccccc1)C(F)(F)F. The molecule has 0 amide bonds. The quantitative estimate of drug-likeness (QED) is 0.126. The highest BCUT2D eigenvalue weighted by atomic mass is 19.4. The highest BCUT2D eigenvalue weighted by Crippen LogP contribution is 2.69. The van der Waals surface area contributed by atoms with Crippen molar-refractivity contribution < 1.29 is 70.2 Å². The molecule has 4 aliphatic carbocycles. The Morgan fingerprint density at radius 1 is 0.790 bits per heavy atom. The maximum atomic E-state index is 14.6. The Kier molecular flexibility index (Phi) is 13.7. The van der Waals surface area contributed by atoms with Crippen LogP contribution >= 0.6 is 0 Å². The molecule has 0 aromatic heterocycles. The standard InChI is InChI=1S/C47H62F6O9/c1-28(27-61-39(56)44(59-5,46(48,49)50)30-16-9-7-10-17-30)14-13-15-29(2)35-25-36(54)38-33-24-37(55)43(58)26-32(20-23-42(43,4)34(33)21-22-41(35,38)3)62-40(57)45(60-6,47(51,52)53)31-18-11-8-12-19-31/h7-12,16-19,28-29,32-38,54-55,58H,13-15,20-27H2,1-6H3/t28-,29+,32-,33+,34-,35+,36-,37+,38+,41+,42+,43-,44-,45-/m0/s1. The van der Waals surface area contributed by atoms with E-state index in [1.807, 2.05) is 13.8 Å². The highest BCUT2D eigenvalue weighted by Gasteiger charge is 2.70. The number of carbonyl (C=O) groups is 2. The van der Waals surface area contributed by atoms with Crippen molar-refractivity contribution in [1.29, 1.82) is 0 Å². The van der Waals surface area contributed by atoms with Gasteiger partial charge in [0.05, 0.1) is 24.4 Å². The number of aliphatic hydroxyl groups is 3. The van der Waals surface area contributed by atoms with Crippen LogP contribution in [-0.4, -0.2) is 84.4 Å². The maximum absolute atomic E-state index is 14.6. The fourth-order valence-electron chi connectivity index (χ4n) is 12.7. The Morgan fingerprint density at radius 2 is 1.34 bits per heavy atom. The fraction of sp³-hybridized carbons (Fsp3) is 0.702. The number of methoxy groups -OCH3 is 2. The molecule has 0 spiro atoms. The number of alkyl halides is 6. The van der Waals surface area contributed by atoms with Crippen molar-refractivity contribution in [3.63, 3.8) is 0 Å². The summed E-state index contributed by atoms with van der Waals surface area (Å²) in [5.41, 5.74) is -10.4. The molecular weight excluding hydrogens is 822 g/mol. The van der Waals surface area contributed by atoms with E-state index in [-0.39, 0.29) is 78.8 Å². The van der Waals surface area contributed by atoms with Crippen LogP contribution in [0, 0.1) is 46.3 Å². The van der Waals surface area contributed by atoms with Gasteiger partial charge >= 0.3 is 24.3 Å². The van der Waals surface area contributed by atoms with Gasteiger partial charge in [0, 0.05) is 37.2 Å². The van der Waals surface area contributed by atoms with Gasteiger partial charge in [0.15, 0.2) is 0 Å². The lowest BCUT2D eigenvalue weighted by molar-refractivity contribution is -0.288. The second-order valence-corrected chi connectivity index (χ2v) is 19.2. The van der Waals surface area contributed by atoms with Crippen LogP contribution < -0.4 is 0 Å². The van der Waals surface area contributed by atoms with Gasteiger partial charge in [-0.1, -0.05) is 101 Å². The molecule has 0 saturated heterocycles. The number of hydrogen-bond acceptors (Lipinski definition) is 9. The lowest BCUT2D eigenvalue weighted by Gasteiger charge is -2.65. The van der Waals surface area contributed by atoms with Crippen LogP contribution in [0.3, 0.4) is 0 Å². The first kappa shape index (κ1) is 48.2. The highest BCUT2D eigenvalue weighted by molar-refractivity contribution is 5.83. The lowest BCUT2D eigenvalue weighted by Crippen LogP contribution is -2.69. The molecular formula is C47H62F6O9. The van der Waals surface area contributed by atoms with Gasteiger partial charge < -0.3 is 34.3 Å². The van der Waals surface area contributed by atoms with Crippen molar-refractivity contribution in [2.45, 2.75) is 139 Å². The Hall–Kier alpha value is -3.24. The minimum atomic E-state index is -5.16. The average Bonchev–Trinajstić information content (AvgIpc) is 3.49. The Balaban J connectivity index is 1.08. The van der Waals surface area contributed by atoms with Crippen LogP contribution in [0.25, 0.3) is 0 Å². The van der Waals surface area contributed by atoms with Crippen molar-refractivity contribution >= 4 is 11.9 Å². The summed E-state index contributed by atoms with van der Waals surface area (Å²) in [6, 6.07) is 13.2. The summed E-state index contributed by atoms with van der Waals surface area (Å²) in [6.45, 7) is 7.84. The van der Waals surface area contributed by atoms with Gasteiger partial charge in [-0.25, -0.2) is 9.59 Å². The summed E-state index contributed by atoms with van der Waals surface area (Å²) in [6.07, 6.45) is -8.89. The summed E-state index contributed by atoms with van der Waals surface area (Å²) >= 11 is 0. The minimum absolute atomic E-state index is 0.119. The van der Waals surface area contributed by atoms with Crippen LogP contribution in [0.5, 0.6) is 0 Å². The number of aliphatic hydroxyl groups excluding tert-OH is 2. The van der Waals surface area contributed by atoms with E-state index < -0.39 is 70.4 Å². The first-order chi connectivity index (χ1) is 29.0. The lowest BCUT2D eigenvalue weighted by atomic mass is 9.42. The van der Waals surface area contributed by atoms with Gasteiger partial charge in [0.25, 0.3) is 11.2 Å². The molecule has 4 saturated carbocycles. The first-order valence-corrected chi connectivity index (χ1v) is 21.8. The number of hydrogen-bond donors (Lipinski definition) is 3. The molecule has 3 N–H and O–H groups in total. The van der Waals surface area contributed by atoms with Gasteiger partial charge in [-0.15, -0.1) is 0 Å². The second-order valence-electron chi connectivity index (χ2n) is 19.2. The first-order valence-electron chi connectivity index (χ1n) is 21.8. The van der Waals surface area contributed by atoms with E-state index in [0.29, 0.717) is 25.7 Å². The van der Waals surface area contributed by atoms with Crippen molar-refractivity contribution in [2.24, 2.45) is 46.3 Å². The molecule has 4 aliphatic rings. The van der Waals surface area contributed by atoms with E-state index in [1.54, 1.807) is 0 Å². The molecule has 14 atom stereocenters. The maximum Gasteiger partial charge on any atom is 0.432 e. The number of benzene rings is 2. The number of rotatable bonds is 14. The van der Waals surface area contributed by atoms with E-state index in [4.69, 9.17) is 18.9 Å². The topological polar surface area (TPSA) is 132 Å². The molecule has 9 nitrogen and oxygen atoms in total. The van der Waals surface area contributed by atoms with Gasteiger partial charge in [-0.2, -0.15) is 26.3 Å². The van der Waals surface area contributed by atoms with Gasteiger partial charge in [0.1, 0.15) is 6.10 Å². The third kappa shape index (κ3) is 7.87. The van der Waals surface area contributed by atoms with Crippen LogP contribution in [0.2, 0.25) is 0 Å². The van der Waals surface area contributed by atoms with Gasteiger partial charge in [-0.3, -0.25) is 0 Å². The van der Waals surface area contributed by atoms with Gasteiger partial charge in [0.2, 0.25) is 0 Å². The predicted molar refractivity (Wildman–Crippen MR) is 215 cm³/mol. The van der Waals surface area contributed by atoms with Crippen LogP contribution in [0.15, 0.2) is 60.7 Å². The minimum Gasteiger partial charge on any atom is -0.463 e. The molecule has 2 aromatic rings.